The summed E-state index contributed by atoms with van der Waals surface area (Å²) in [6.45, 7) is 0. The lowest BCUT2D eigenvalue weighted by atomic mass is 10.1. The Kier molecular flexibility index (Phi) is 5.19. The molecule has 0 amide bonds. The fourth-order valence-corrected chi connectivity index (χ4v) is 2.97. The Morgan fingerprint density at radius 3 is 2.63 bits per heavy atom. The minimum atomic E-state index is -0.425. The Hall–Kier alpha value is -0.650. The first-order valence-corrected chi connectivity index (χ1v) is 7.21. The van der Waals surface area contributed by atoms with Crippen LogP contribution < -0.4 is 0 Å². The Labute approximate surface area is 126 Å². The monoisotopic (exact) mass is 317 g/mol. The van der Waals surface area contributed by atoms with Crippen LogP contribution in [0.5, 0.6) is 0 Å². The lowest BCUT2D eigenvalue weighted by molar-refractivity contribution is -0.108. The van der Waals surface area contributed by atoms with Crippen molar-refractivity contribution >= 4 is 34.5 Å². The average molecular weight is 318 g/mol. The highest BCUT2D eigenvalue weighted by Crippen LogP contribution is 2.26. The highest BCUT2D eigenvalue weighted by Gasteiger charge is 2.14. The molecule has 0 fully saturated rings. The lowest BCUT2D eigenvalue weighted by Crippen LogP contribution is -2.04. The van der Waals surface area contributed by atoms with Gasteiger partial charge in [0.2, 0.25) is 6.29 Å². The van der Waals surface area contributed by atoms with E-state index in [0.717, 1.165) is 16.3 Å². The van der Waals surface area contributed by atoms with Gasteiger partial charge >= 0.3 is 0 Å². The van der Waals surface area contributed by atoms with Crippen LogP contribution in [0, 0.1) is 0 Å². The van der Waals surface area contributed by atoms with Gasteiger partial charge in [0.05, 0.1) is 5.01 Å². The Morgan fingerprint density at radius 1 is 1.26 bits per heavy atom. The van der Waals surface area contributed by atoms with E-state index in [0.29, 0.717) is 16.5 Å². The summed E-state index contributed by atoms with van der Waals surface area (Å²) in [7, 11) is 3.17. The molecular weight excluding hydrogens is 305 g/mol. The molecule has 0 bridgehead atoms. The largest absolute Gasteiger partial charge is 0.350 e. The molecule has 0 saturated carbocycles. The number of hydrogen-bond donors (Lipinski definition) is 0. The summed E-state index contributed by atoms with van der Waals surface area (Å²) in [5, 5.41) is 4.17. The fourth-order valence-electron chi connectivity index (χ4n) is 1.68. The summed E-state index contributed by atoms with van der Waals surface area (Å²) < 4.78 is 10.3. The van der Waals surface area contributed by atoms with Gasteiger partial charge in [-0.3, -0.25) is 0 Å². The van der Waals surface area contributed by atoms with Crippen molar-refractivity contribution in [2.75, 3.05) is 14.2 Å². The van der Waals surface area contributed by atoms with Crippen molar-refractivity contribution in [1.29, 1.82) is 0 Å². The van der Waals surface area contributed by atoms with E-state index in [1.165, 1.54) is 0 Å². The average Bonchev–Trinajstić information content (AvgIpc) is 2.83. The predicted octanol–water partition coefficient (Wildman–Crippen LogP) is 4.33. The number of thiazole rings is 1. The zero-order valence-corrected chi connectivity index (χ0v) is 12.9. The number of methoxy groups -OCH3 is 2. The molecule has 1 aromatic carbocycles. The zero-order valence-electron chi connectivity index (χ0n) is 10.5. The maximum atomic E-state index is 6.15. The molecule has 0 aliphatic carbocycles. The van der Waals surface area contributed by atoms with Crippen LogP contribution in [0.2, 0.25) is 10.0 Å². The smallest absolute Gasteiger partial charge is 0.201 e. The zero-order chi connectivity index (χ0) is 13.8. The number of benzene rings is 1. The third-order valence-corrected chi connectivity index (χ3v) is 4.05. The molecule has 1 heterocycles. The van der Waals surface area contributed by atoms with Crippen molar-refractivity contribution in [3.63, 3.8) is 0 Å². The molecule has 1 aromatic heterocycles. The molecule has 102 valence electrons. The molecule has 0 spiro atoms. The van der Waals surface area contributed by atoms with E-state index in [-0.39, 0.29) is 0 Å². The van der Waals surface area contributed by atoms with Gasteiger partial charge in [0.25, 0.3) is 0 Å². The normalized spacial score (nSPS) is 11.2. The molecule has 3 nitrogen and oxygen atoms in total. The first kappa shape index (κ1) is 14.8. The molecule has 0 unspecified atom stereocenters. The maximum Gasteiger partial charge on any atom is 0.201 e. The van der Waals surface area contributed by atoms with Crippen LogP contribution in [0.3, 0.4) is 0 Å². The predicted molar refractivity (Wildman–Crippen MR) is 78.1 cm³/mol. The Bertz CT molecular complexity index is 555. The van der Waals surface area contributed by atoms with Gasteiger partial charge in [-0.15, -0.1) is 11.3 Å². The van der Waals surface area contributed by atoms with Crippen molar-refractivity contribution < 1.29 is 9.47 Å². The van der Waals surface area contributed by atoms with Crippen LogP contribution in [-0.4, -0.2) is 19.2 Å². The number of ether oxygens (including phenoxy) is 2. The van der Waals surface area contributed by atoms with Crippen molar-refractivity contribution in [3.05, 3.63) is 49.9 Å². The molecule has 0 radical (unpaired) electrons. The van der Waals surface area contributed by atoms with Crippen LogP contribution in [0.25, 0.3) is 0 Å². The molecule has 2 rings (SSSR count). The molecule has 19 heavy (non-hydrogen) atoms. The summed E-state index contributed by atoms with van der Waals surface area (Å²) >= 11 is 13.6. The second-order valence-corrected chi connectivity index (χ2v) is 5.67. The molecule has 0 aliphatic rings. The van der Waals surface area contributed by atoms with E-state index in [4.69, 9.17) is 32.7 Å². The third-order valence-electron chi connectivity index (χ3n) is 2.60. The lowest BCUT2D eigenvalue weighted by Gasteiger charge is -2.09. The molecule has 0 N–H and O–H groups in total. The minimum Gasteiger partial charge on any atom is -0.350 e. The highest BCUT2D eigenvalue weighted by molar-refractivity contribution is 7.09. The maximum absolute atomic E-state index is 6.15. The topological polar surface area (TPSA) is 31.4 Å². The van der Waals surface area contributed by atoms with Gasteiger partial charge in [-0.2, -0.15) is 0 Å². The standard InChI is InChI=1S/C13H13Cl2NO2S/c1-17-13(18-2)11-7-19-12(16-11)5-8-3-4-9(14)6-10(8)15/h3-4,6-7,13H,5H2,1-2H3. The van der Waals surface area contributed by atoms with Crippen LogP contribution in [0.4, 0.5) is 0 Å². The Balaban J connectivity index is 2.15. The summed E-state index contributed by atoms with van der Waals surface area (Å²) in [6.07, 6.45) is 0.242. The third kappa shape index (κ3) is 3.68. The van der Waals surface area contributed by atoms with Gasteiger partial charge < -0.3 is 9.47 Å². The summed E-state index contributed by atoms with van der Waals surface area (Å²) in [6, 6.07) is 5.47. The highest BCUT2D eigenvalue weighted by atomic mass is 35.5. The van der Waals surface area contributed by atoms with Crippen LogP contribution >= 0.6 is 34.5 Å². The van der Waals surface area contributed by atoms with Gasteiger partial charge in [-0.25, -0.2) is 4.98 Å². The fraction of sp³-hybridized carbons (Fsp3) is 0.308. The summed E-state index contributed by atoms with van der Waals surface area (Å²) in [5.41, 5.74) is 1.77. The first-order valence-electron chi connectivity index (χ1n) is 5.58. The first-order chi connectivity index (χ1) is 9.13. The van der Waals surface area contributed by atoms with Crippen molar-refractivity contribution in [2.24, 2.45) is 0 Å². The van der Waals surface area contributed by atoms with E-state index < -0.39 is 6.29 Å². The molecule has 0 saturated heterocycles. The molecule has 0 aliphatic heterocycles. The van der Waals surface area contributed by atoms with E-state index in [1.54, 1.807) is 31.6 Å². The van der Waals surface area contributed by atoms with E-state index >= 15 is 0 Å². The summed E-state index contributed by atoms with van der Waals surface area (Å²) in [4.78, 5) is 4.49. The van der Waals surface area contributed by atoms with Gasteiger partial charge in [0.1, 0.15) is 5.69 Å². The van der Waals surface area contributed by atoms with Crippen molar-refractivity contribution in [3.8, 4) is 0 Å². The van der Waals surface area contributed by atoms with Crippen molar-refractivity contribution in [2.45, 2.75) is 12.7 Å². The van der Waals surface area contributed by atoms with E-state index in [9.17, 15) is 0 Å². The number of hydrogen-bond acceptors (Lipinski definition) is 4. The number of rotatable bonds is 5. The van der Waals surface area contributed by atoms with Crippen LogP contribution in [0.15, 0.2) is 23.6 Å². The van der Waals surface area contributed by atoms with Gasteiger partial charge in [0.15, 0.2) is 0 Å². The van der Waals surface area contributed by atoms with Gasteiger partial charge in [0, 0.05) is 36.1 Å². The SMILES string of the molecule is COC(OC)c1csc(Cc2ccc(Cl)cc2Cl)n1. The van der Waals surface area contributed by atoms with E-state index in [2.05, 4.69) is 4.98 Å². The quantitative estimate of drug-likeness (QED) is 0.769. The number of nitrogens with zero attached hydrogens (tertiary/aromatic N) is 1. The second kappa shape index (κ2) is 6.68. The van der Waals surface area contributed by atoms with Gasteiger partial charge in [-0.1, -0.05) is 29.3 Å². The summed E-state index contributed by atoms with van der Waals surface area (Å²) in [5.74, 6) is 0. The van der Waals surface area contributed by atoms with Crippen molar-refractivity contribution in [1.82, 2.24) is 4.98 Å². The minimum absolute atomic E-state index is 0.425. The second-order valence-electron chi connectivity index (χ2n) is 3.88. The van der Waals surface area contributed by atoms with Crippen LogP contribution in [-0.2, 0) is 15.9 Å². The Morgan fingerprint density at radius 2 is 2.00 bits per heavy atom. The molecule has 6 heteroatoms. The molecule has 0 atom stereocenters. The van der Waals surface area contributed by atoms with Gasteiger partial charge in [-0.05, 0) is 17.7 Å². The molecular formula is C13H13Cl2NO2S. The number of halogens is 2. The number of aromatic nitrogens is 1. The van der Waals surface area contributed by atoms with E-state index in [1.807, 2.05) is 17.5 Å². The molecule has 2 aromatic rings. The van der Waals surface area contributed by atoms with Crippen LogP contribution in [0.1, 0.15) is 22.6 Å².